The van der Waals surface area contributed by atoms with Crippen molar-refractivity contribution in [2.75, 3.05) is 11.9 Å². The Morgan fingerprint density at radius 3 is 3.03 bits per heavy atom. The molecule has 0 spiro atoms. The zero-order valence-corrected chi connectivity index (χ0v) is 18.9. The molecule has 1 aromatic carbocycles. The Hall–Kier alpha value is -2.21. The number of benzene rings is 1. The summed E-state index contributed by atoms with van der Waals surface area (Å²) in [6.07, 6.45) is 0.792. The van der Waals surface area contributed by atoms with Gasteiger partial charge in [-0.2, -0.15) is 5.10 Å². The summed E-state index contributed by atoms with van der Waals surface area (Å²) in [5.41, 5.74) is 7.36. The lowest BCUT2D eigenvalue weighted by molar-refractivity contribution is 0.0247. The molecule has 7 nitrogen and oxygen atoms in total. The van der Waals surface area contributed by atoms with Gasteiger partial charge in [0, 0.05) is 28.5 Å². The third-order valence-electron chi connectivity index (χ3n) is 5.12. The van der Waals surface area contributed by atoms with Crippen molar-refractivity contribution in [2.24, 2.45) is 12.8 Å². The maximum absolute atomic E-state index is 14.1. The molecule has 3 atom stereocenters. The number of ether oxygens (including phenoxy) is 1. The van der Waals surface area contributed by atoms with Gasteiger partial charge in [0.25, 0.3) is 5.91 Å². The van der Waals surface area contributed by atoms with Gasteiger partial charge in [-0.05, 0) is 31.0 Å². The number of aromatic nitrogens is 3. The molecule has 31 heavy (non-hydrogen) atoms. The predicted octanol–water partition coefficient (Wildman–Crippen LogP) is 4.21. The Morgan fingerprint density at radius 2 is 2.23 bits per heavy atom. The number of nitrogens with one attached hydrogen (secondary N) is 1. The summed E-state index contributed by atoms with van der Waals surface area (Å²) in [6, 6.07) is 3.96. The highest BCUT2D eigenvalue weighted by molar-refractivity contribution is 9.10. The number of halogens is 3. The number of nitrogens with zero attached hydrogens (tertiary/aromatic N) is 3. The van der Waals surface area contributed by atoms with Crippen LogP contribution in [0.2, 0.25) is 0 Å². The molecule has 0 bridgehead atoms. The van der Waals surface area contributed by atoms with E-state index in [1.54, 1.807) is 29.2 Å². The minimum absolute atomic E-state index is 0.113. The fraction of sp³-hybridized carbons (Fsp3) is 0.350. The van der Waals surface area contributed by atoms with Crippen molar-refractivity contribution in [1.29, 1.82) is 0 Å². The van der Waals surface area contributed by atoms with Crippen LogP contribution in [0.5, 0.6) is 0 Å². The van der Waals surface area contributed by atoms with Gasteiger partial charge in [-0.15, -0.1) is 11.3 Å². The average Bonchev–Trinajstić information content (AvgIpc) is 3.33. The van der Waals surface area contributed by atoms with Crippen LogP contribution >= 0.6 is 27.3 Å². The number of carbonyl (C=O) groups is 1. The summed E-state index contributed by atoms with van der Waals surface area (Å²) >= 11 is 4.48. The van der Waals surface area contributed by atoms with E-state index in [2.05, 4.69) is 31.3 Å². The minimum Gasteiger partial charge on any atom is -0.369 e. The van der Waals surface area contributed by atoms with E-state index in [9.17, 15) is 13.6 Å². The topological polar surface area (TPSA) is 95.1 Å². The van der Waals surface area contributed by atoms with Gasteiger partial charge in [0.15, 0.2) is 0 Å². The Balaban J connectivity index is 1.54. The number of aryl methyl sites for hydroxylation is 1. The summed E-state index contributed by atoms with van der Waals surface area (Å²) in [6.45, 7) is -0.113. The van der Waals surface area contributed by atoms with E-state index in [-0.39, 0.29) is 12.3 Å². The molecule has 3 N–H and O–H groups in total. The lowest BCUT2D eigenvalue weighted by Crippen LogP contribution is -2.32. The first kappa shape index (κ1) is 22.0. The van der Waals surface area contributed by atoms with Gasteiger partial charge in [-0.25, -0.2) is 13.8 Å². The molecule has 0 radical (unpaired) electrons. The van der Waals surface area contributed by atoms with Crippen molar-refractivity contribution in [1.82, 2.24) is 14.8 Å². The molecule has 1 amide bonds. The number of alkyl halides is 1. The molecule has 0 saturated carbocycles. The molecule has 11 heteroatoms. The van der Waals surface area contributed by atoms with E-state index >= 15 is 0 Å². The summed E-state index contributed by atoms with van der Waals surface area (Å²) < 4.78 is 36.0. The summed E-state index contributed by atoms with van der Waals surface area (Å²) in [7, 11) is 1.73. The molecule has 2 aromatic heterocycles. The molecule has 3 aromatic rings. The number of carbonyl (C=O) groups excluding carboxylic acids is 1. The van der Waals surface area contributed by atoms with Crippen molar-refractivity contribution in [3.63, 3.8) is 0 Å². The number of amides is 1. The van der Waals surface area contributed by atoms with Crippen LogP contribution in [0.1, 0.15) is 35.1 Å². The molecule has 1 fully saturated rings. The Labute approximate surface area is 189 Å². The highest BCUT2D eigenvalue weighted by atomic mass is 79.9. The van der Waals surface area contributed by atoms with Crippen molar-refractivity contribution >= 4 is 38.9 Å². The highest BCUT2D eigenvalue weighted by Gasteiger charge is 2.30. The molecule has 0 unspecified atom stereocenters. The minimum atomic E-state index is -1.23. The normalized spacial score (nSPS) is 21.6. The molecule has 3 heterocycles. The van der Waals surface area contributed by atoms with E-state index < -0.39 is 30.0 Å². The third kappa shape index (κ3) is 4.69. The second-order valence-corrected chi connectivity index (χ2v) is 9.04. The summed E-state index contributed by atoms with van der Waals surface area (Å²) in [4.78, 5) is 17.1. The van der Waals surface area contributed by atoms with Gasteiger partial charge in [0.2, 0.25) is 0 Å². The molecule has 4 rings (SSSR count). The highest BCUT2D eigenvalue weighted by Crippen LogP contribution is 2.33. The van der Waals surface area contributed by atoms with Crippen LogP contribution < -0.4 is 11.1 Å². The van der Waals surface area contributed by atoms with Crippen LogP contribution in [0, 0.1) is 5.82 Å². The fourth-order valence-electron chi connectivity index (χ4n) is 3.43. The standard InChI is InChI=1S/C20H20BrF2N5O2S/c1-28-18(17-5-4-14(24)13(23)8-30-17)15(7-25-28)26-19(29)16-9-31-20(27-16)11-6-10(21)2-3-12(11)22/h2-3,6-7,9,13-14,17H,4-5,8,24H2,1H3,(H,26,29)/t13-,14-,17+/m1/s1. The molecule has 1 aliphatic rings. The van der Waals surface area contributed by atoms with Gasteiger partial charge >= 0.3 is 0 Å². The van der Waals surface area contributed by atoms with Crippen LogP contribution in [0.25, 0.3) is 10.6 Å². The zero-order chi connectivity index (χ0) is 22.1. The molecule has 1 aliphatic heterocycles. The van der Waals surface area contributed by atoms with Gasteiger partial charge < -0.3 is 15.8 Å². The molecular formula is C20H20BrF2N5O2S. The maximum atomic E-state index is 14.1. The van der Waals surface area contributed by atoms with Crippen LogP contribution in [-0.4, -0.2) is 39.5 Å². The second-order valence-electron chi connectivity index (χ2n) is 7.26. The Morgan fingerprint density at radius 1 is 1.42 bits per heavy atom. The first-order valence-corrected chi connectivity index (χ1v) is 11.3. The number of anilines is 1. The van der Waals surface area contributed by atoms with Gasteiger partial charge in [-0.3, -0.25) is 9.48 Å². The monoisotopic (exact) mass is 511 g/mol. The fourth-order valence-corrected chi connectivity index (χ4v) is 4.61. The average molecular weight is 512 g/mol. The lowest BCUT2D eigenvalue weighted by atomic mass is 10.0. The van der Waals surface area contributed by atoms with E-state index in [0.717, 1.165) is 0 Å². The number of thiazole rings is 1. The number of rotatable bonds is 4. The van der Waals surface area contributed by atoms with E-state index in [4.69, 9.17) is 10.5 Å². The van der Waals surface area contributed by atoms with E-state index in [0.29, 0.717) is 39.3 Å². The number of nitrogens with two attached hydrogens (primary N) is 1. The zero-order valence-electron chi connectivity index (χ0n) is 16.5. The molecule has 1 saturated heterocycles. The molecule has 0 aliphatic carbocycles. The van der Waals surface area contributed by atoms with Gasteiger partial charge in [0.05, 0.1) is 24.2 Å². The van der Waals surface area contributed by atoms with Crippen LogP contribution in [0.15, 0.2) is 34.2 Å². The SMILES string of the molecule is Cn1ncc(NC(=O)c2csc(-c3cc(Br)ccc3F)n2)c1[C@@H]1CC[C@@H](N)[C@H](F)CO1. The van der Waals surface area contributed by atoms with Crippen LogP contribution in [-0.2, 0) is 11.8 Å². The molecular weight excluding hydrogens is 492 g/mol. The van der Waals surface area contributed by atoms with Crippen molar-refractivity contribution in [2.45, 2.75) is 31.2 Å². The smallest absolute Gasteiger partial charge is 0.275 e. The van der Waals surface area contributed by atoms with Crippen LogP contribution in [0.4, 0.5) is 14.5 Å². The first-order valence-electron chi connectivity index (χ1n) is 9.59. The number of hydrogen-bond donors (Lipinski definition) is 2. The first-order chi connectivity index (χ1) is 14.8. The van der Waals surface area contributed by atoms with Crippen molar-refractivity contribution in [3.8, 4) is 10.6 Å². The van der Waals surface area contributed by atoms with E-state index in [1.165, 1.54) is 23.6 Å². The summed E-state index contributed by atoms with van der Waals surface area (Å²) in [5, 5.41) is 8.96. The maximum Gasteiger partial charge on any atom is 0.275 e. The quantitative estimate of drug-likeness (QED) is 0.546. The Bertz CT molecular complexity index is 1090. The predicted molar refractivity (Wildman–Crippen MR) is 117 cm³/mol. The van der Waals surface area contributed by atoms with Crippen LogP contribution in [0.3, 0.4) is 0 Å². The number of hydrogen-bond acceptors (Lipinski definition) is 6. The second kappa shape index (κ2) is 9.11. The third-order valence-corrected chi connectivity index (χ3v) is 6.49. The molecule has 164 valence electrons. The largest absolute Gasteiger partial charge is 0.369 e. The summed E-state index contributed by atoms with van der Waals surface area (Å²) in [5.74, 6) is -0.880. The van der Waals surface area contributed by atoms with Gasteiger partial charge in [-0.1, -0.05) is 15.9 Å². The van der Waals surface area contributed by atoms with Gasteiger partial charge in [0.1, 0.15) is 28.8 Å². The van der Waals surface area contributed by atoms with E-state index in [1.807, 2.05) is 0 Å². The lowest BCUT2D eigenvalue weighted by Gasteiger charge is -2.17. The van der Waals surface area contributed by atoms with Crippen molar-refractivity contribution < 1.29 is 18.3 Å². The Kier molecular flexibility index (Phi) is 6.47. The van der Waals surface area contributed by atoms with Crippen molar-refractivity contribution in [3.05, 3.63) is 51.5 Å².